The summed E-state index contributed by atoms with van der Waals surface area (Å²) in [5.74, 6) is 1.71. The number of fused-ring (bicyclic) bond motifs is 1. The Hall–Kier alpha value is -3.90. The highest BCUT2D eigenvalue weighted by Gasteiger charge is 2.14. The maximum absolute atomic E-state index is 11.9. The second kappa shape index (κ2) is 11.7. The second-order valence-electron chi connectivity index (χ2n) is 9.10. The fourth-order valence-corrected chi connectivity index (χ4v) is 5.11. The molecule has 40 heavy (non-hydrogen) atoms. The van der Waals surface area contributed by atoms with Crippen molar-refractivity contribution in [1.29, 1.82) is 0 Å². The van der Waals surface area contributed by atoms with Crippen LogP contribution in [0.15, 0.2) is 77.8 Å². The van der Waals surface area contributed by atoms with Gasteiger partial charge in [0.1, 0.15) is 5.82 Å². The molecule has 0 spiro atoms. The van der Waals surface area contributed by atoms with Gasteiger partial charge in [-0.25, -0.2) is 23.5 Å². The number of anilines is 5. The summed E-state index contributed by atoms with van der Waals surface area (Å²) < 4.78 is 25.8. The summed E-state index contributed by atoms with van der Waals surface area (Å²) in [6, 6.07) is 20.4. The predicted octanol–water partition coefficient (Wildman–Crippen LogP) is 5.52. The van der Waals surface area contributed by atoms with Gasteiger partial charge in [-0.1, -0.05) is 29.8 Å². The van der Waals surface area contributed by atoms with Crippen molar-refractivity contribution in [3.05, 3.63) is 89.1 Å². The number of hydrogen-bond acceptors (Lipinski definition) is 8. The van der Waals surface area contributed by atoms with E-state index in [0.29, 0.717) is 34.6 Å². The van der Waals surface area contributed by atoms with Crippen molar-refractivity contribution in [3.8, 4) is 0 Å². The molecule has 0 unspecified atom stereocenters. The standard InChI is InChI=1S/C27H27ClN8O2S.ClH/c1-17-4-9-20(14-24(17)39(29,37)38)32-26-30-13-12-25(34-26)35(2)21-10-11-23-22(15-21)33-27(36(23)3)31-16-18-5-7-19(28)8-6-18;/h4-15H,16H2,1-3H3,(H,31,33)(H2,29,37,38)(H,30,32,34);1H. The minimum atomic E-state index is -3.85. The molecule has 0 bridgehead atoms. The fourth-order valence-electron chi connectivity index (χ4n) is 4.18. The first-order valence-electron chi connectivity index (χ1n) is 12.0. The first-order valence-corrected chi connectivity index (χ1v) is 13.9. The van der Waals surface area contributed by atoms with Crippen LogP contribution in [-0.2, 0) is 23.6 Å². The molecular formula is C27H28Cl2N8O2S. The highest BCUT2D eigenvalue weighted by molar-refractivity contribution is 7.89. The van der Waals surface area contributed by atoms with E-state index in [-0.39, 0.29) is 17.3 Å². The number of benzene rings is 3. The SMILES string of the molecule is Cc1ccc(Nc2nccc(N(C)c3ccc4c(c3)nc(NCc3ccc(Cl)cc3)n4C)n2)cc1S(N)(=O)=O.Cl. The molecule has 0 fully saturated rings. The van der Waals surface area contributed by atoms with Crippen LogP contribution in [0, 0.1) is 6.92 Å². The van der Waals surface area contributed by atoms with E-state index in [4.69, 9.17) is 21.7 Å². The molecule has 0 atom stereocenters. The van der Waals surface area contributed by atoms with Gasteiger partial charge >= 0.3 is 0 Å². The van der Waals surface area contributed by atoms with Crippen molar-refractivity contribution in [3.63, 3.8) is 0 Å². The maximum atomic E-state index is 11.9. The lowest BCUT2D eigenvalue weighted by Gasteiger charge is -2.19. The largest absolute Gasteiger partial charge is 0.352 e. The van der Waals surface area contributed by atoms with Crippen molar-refractivity contribution in [2.45, 2.75) is 18.4 Å². The van der Waals surface area contributed by atoms with Crippen molar-refractivity contribution < 1.29 is 8.42 Å². The number of halogens is 2. The van der Waals surface area contributed by atoms with Crippen LogP contribution < -0.4 is 20.7 Å². The minimum Gasteiger partial charge on any atom is -0.352 e. The van der Waals surface area contributed by atoms with E-state index in [1.807, 2.05) is 66.0 Å². The third-order valence-corrected chi connectivity index (χ3v) is 7.66. The number of aryl methyl sites for hydroxylation is 2. The van der Waals surface area contributed by atoms with Crippen molar-refractivity contribution in [2.75, 3.05) is 22.6 Å². The molecule has 0 radical (unpaired) electrons. The van der Waals surface area contributed by atoms with Gasteiger partial charge in [-0.05, 0) is 66.6 Å². The number of hydrogen-bond donors (Lipinski definition) is 3. The molecule has 2 heterocycles. The van der Waals surface area contributed by atoms with Gasteiger partial charge in [0.2, 0.25) is 21.9 Å². The molecule has 5 rings (SSSR count). The lowest BCUT2D eigenvalue weighted by molar-refractivity contribution is 0.597. The van der Waals surface area contributed by atoms with E-state index < -0.39 is 10.0 Å². The molecule has 0 saturated carbocycles. The number of sulfonamides is 1. The molecule has 0 amide bonds. The number of primary sulfonamides is 1. The third-order valence-electron chi connectivity index (χ3n) is 6.35. The van der Waals surface area contributed by atoms with Crippen molar-refractivity contribution in [2.24, 2.45) is 12.2 Å². The van der Waals surface area contributed by atoms with Gasteiger partial charge in [0.05, 0.1) is 15.9 Å². The predicted molar refractivity (Wildman–Crippen MR) is 163 cm³/mol. The monoisotopic (exact) mass is 598 g/mol. The number of aromatic nitrogens is 4. The Morgan fingerprint density at radius 1 is 1.02 bits per heavy atom. The van der Waals surface area contributed by atoms with Crippen LogP contribution in [0.25, 0.3) is 11.0 Å². The van der Waals surface area contributed by atoms with E-state index in [1.165, 1.54) is 6.07 Å². The first kappa shape index (κ1) is 29.1. The summed E-state index contributed by atoms with van der Waals surface area (Å²) in [7, 11) is 0.0227. The van der Waals surface area contributed by atoms with Crippen molar-refractivity contribution >= 4 is 74.2 Å². The Balaban J connectivity index is 0.00000370. The van der Waals surface area contributed by atoms with Crippen LogP contribution in [0.2, 0.25) is 5.02 Å². The molecule has 0 aliphatic rings. The summed E-state index contributed by atoms with van der Waals surface area (Å²) in [6.45, 7) is 2.31. The molecule has 2 aromatic heterocycles. The number of imidazole rings is 1. The Labute approximate surface area is 243 Å². The summed E-state index contributed by atoms with van der Waals surface area (Å²) in [4.78, 5) is 15.6. The topological polar surface area (TPSA) is 131 Å². The molecule has 13 heteroatoms. The molecule has 0 aliphatic heterocycles. The lowest BCUT2D eigenvalue weighted by atomic mass is 10.2. The van der Waals surface area contributed by atoms with Crippen LogP contribution >= 0.6 is 24.0 Å². The highest BCUT2D eigenvalue weighted by atomic mass is 35.5. The van der Waals surface area contributed by atoms with Gasteiger partial charge in [-0.15, -0.1) is 12.4 Å². The first-order chi connectivity index (χ1) is 18.6. The average Bonchev–Trinajstić information content (AvgIpc) is 3.23. The van der Waals surface area contributed by atoms with Crippen LogP contribution in [0.4, 0.5) is 29.1 Å². The molecule has 0 saturated heterocycles. The van der Waals surface area contributed by atoms with Crippen LogP contribution in [0.1, 0.15) is 11.1 Å². The maximum Gasteiger partial charge on any atom is 0.238 e. The van der Waals surface area contributed by atoms with Crippen LogP contribution in [0.3, 0.4) is 0 Å². The van der Waals surface area contributed by atoms with Gasteiger partial charge in [0, 0.05) is 43.2 Å². The lowest BCUT2D eigenvalue weighted by Crippen LogP contribution is -2.14. The molecule has 5 aromatic rings. The summed E-state index contributed by atoms with van der Waals surface area (Å²) in [6.07, 6.45) is 1.63. The molecular weight excluding hydrogens is 571 g/mol. The van der Waals surface area contributed by atoms with Gasteiger partial charge in [-0.2, -0.15) is 4.98 Å². The molecule has 3 aromatic carbocycles. The van der Waals surface area contributed by atoms with Crippen LogP contribution in [-0.4, -0.2) is 35.0 Å². The van der Waals surface area contributed by atoms with Gasteiger partial charge in [-0.3, -0.25) is 0 Å². The highest BCUT2D eigenvalue weighted by Crippen LogP contribution is 2.28. The minimum absolute atomic E-state index is 0. The Kier molecular flexibility index (Phi) is 8.50. The van der Waals surface area contributed by atoms with Gasteiger partial charge < -0.3 is 20.1 Å². The smallest absolute Gasteiger partial charge is 0.238 e. The zero-order chi connectivity index (χ0) is 27.7. The summed E-state index contributed by atoms with van der Waals surface area (Å²) in [5.41, 5.74) is 4.89. The van der Waals surface area contributed by atoms with E-state index in [9.17, 15) is 8.42 Å². The zero-order valence-corrected chi connectivity index (χ0v) is 24.3. The number of nitrogens with two attached hydrogens (primary N) is 1. The normalized spacial score (nSPS) is 11.2. The van der Waals surface area contributed by atoms with Crippen molar-refractivity contribution in [1.82, 2.24) is 19.5 Å². The number of rotatable bonds is 8. The van der Waals surface area contributed by atoms with E-state index >= 15 is 0 Å². The number of nitrogens with one attached hydrogen (secondary N) is 2. The number of nitrogens with zero attached hydrogens (tertiary/aromatic N) is 5. The van der Waals surface area contributed by atoms with Gasteiger partial charge in [0.25, 0.3) is 0 Å². The van der Waals surface area contributed by atoms with Gasteiger partial charge in [0.15, 0.2) is 0 Å². The fraction of sp³-hybridized carbons (Fsp3) is 0.148. The second-order valence-corrected chi connectivity index (χ2v) is 11.1. The zero-order valence-electron chi connectivity index (χ0n) is 22.0. The molecule has 4 N–H and O–H groups in total. The third kappa shape index (κ3) is 6.28. The molecule has 0 aliphatic carbocycles. The summed E-state index contributed by atoms with van der Waals surface area (Å²) >= 11 is 5.99. The summed E-state index contributed by atoms with van der Waals surface area (Å²) in [5, 5.41) is 12.5. The van der Waals surface area contributed by atoms with E-state index in [0.717, 1.165) is 28.2 Å². The molecule has 208 valence electrons. The molecule has 10 nitrogen and oxygen atoms in total. The quantitative estimate of drug-likeness (QED) is 0.213. The Morgan fingerprint density at radius 3 is 2.50 bits per heavy atom. The average molecular weight is 600 g/mol. The Bertz CT molecular complexity index is 1780. The van der Waals surface area contributed by atoms with E-state index in [1.54, 1.807) is 31.3 Å². The van der Waals surface area contributed by atoms with E-state index in [2.05, 4.69) is 20.6 Å². The Morgan fingerprint density at radius 2 is 1.77 bits per heavy atom. The van der Waals surface area contributed by atoms with Crippen LogP contribution in [0.5, 0.6) is 0 Å².